The summed E-state index contributed by atoms with van der Waals surface area (Å²) in [4.78, 5) is -0.835. The SMILES string of the molecule is C=CCS(=O)(=O)OS(=O)(=O)c1ccc(S(=O)(=O)Oc2ccccc2)cc1. The van der Waals surface area contributed by atoms with Gasteiger partial charge >= 0.3 is 20.2 Å². The monoisotopic (exact) mass is 418 g/mol. The van der Waals surface area contributed by atoms with Crippen molar-refractivity contribution in [1.82, 2.24) is 0 Å². The van der Waals surface area contributed by atoms with Crippen LogP contribution in [-0.4, -0.2) is 31.0 Å². The molecule has 2 aromatic rings. The van der Waals surface area contributed by atoms with E-state index in [2.05, 4.69) is 10.2 Å². The number of rotatable bonds is 8. The van der Waals surface area contributed by atoms with Gasteiger partial charge in [-0.05, 0) is 36.4 Å². The molecule has 0 radical (unpaired) electrons. The molecule has 0 spiro atoms. The van der Waals surface area contributed by atoms with E-state index in [0.717, 1.165) is 30.3 Å². The van der Waals surface area contributed by atoms with Crippen molar-refractivity contribution in [2.24, 2.45) is 0 Å². The van der Waals surface area contributed by atoms with Crippen molar-refractivity contribution in [2.75, 3.05) is 5.75 Å². The Morgan fingerprint density at radius 2 is 1.27 bits per heavy atom. The second-order valence-electron chi connectivity index (χ2n) is 4.86. The second-order valence-corrected chi connectivity index (χ2v) is 9.78. The minimum Gasteiger partial charge on any atom is -0.379 e. The molecule has 0 heterocycles. The second kappa shape index (κ2) is 7.58. The molecule has 0 amide bonds. The molecule has 8 nitrogen and oxygen atoms in total. The standard InChI is InChI=1S/C15H14O8S3/c1-2-12-24(16,17)23-26(20,21)15-10-8-14(9-11-15)25(18,19)22-13-6-4-3-5-7-13/h2-11H,1,12H2. The van der Waals surface area contributed by atoms with Gasteiger partial charge in [0.15, 0.2) is 0 Å². The molecular formula is C15H14O8S3. The van der Waals surface area contributed by atoms with Crippen molar-refractivity contribution >= 4 is 30.4 Å². The van der Waals surface area contributed by atoms with Crippen LogP contribution in [0.4, 0.5) is 0 Å². The van der Waals surface area contributed by atoms with E-state index in [1.165, 1.54) is 12.1 Å². The predicted molar refractivity (Wildman–Crippen MR) is 93.0 cm³/mol. The van der Waals surface area contributed by atoms with Gasteiger partial charge in [0, 0.05) is 0 Å². The number of hydrogen-bond donors (Lipinski definition) is 0. The highest BCUT2D eigenvalue weighted by molar-refractivity contribution is 8.00. The quantitative estimate of drug-likeness (QED) is 0.469. The minimum atomic E-state index is -4.63. The van der Waals surface area contributed by atoms with Gasteiger partial charge in [-0.2, -0.15) is 25.3 Å². The Labute approximate surface area is 152 Å². The Morgan fingerprint density at radius 3 is 1.77 bits per heavy atom. The van der Waals surface area contributed by atoms with Crippen LogP contribution < -0.4 is 4.18 Å². The van der Waals surface area contributed by atoms with Crippen molar-refractivity contribution < 1.29 is 33.1 Å². The van der Waals surface area contributed by atoms with Gasteiger partial charge in [-0.25, -0.2) is 0 Å². The van der Waals surface area contributed by atoms with Crippen LogP contribution in [0.2, 0.25) is 0 Å². The topological polar surface area (TPSA) is 121 Å². The third-order valence-corrected chi connectivity index (χ3v) is 7.17. The molecule has 2 rings (SSSR count). The van der Waals surface area contributed by atoms with Crippen LogP contribution in [0.25, 0.3) is 0 Å². The summed E-state index contributed by atoms with van der Waals surface area (Å²) >= 11 is 0. The number of benzene rings is 2. The van der Waals surface area contributed by atoms with E-state index >= 15 is 0 Å². The maximum Gasteiger partial charge on any atom is 0.339 e. The zero-order valence-electron chi connectivity index (χ0n) is 13.2. The van der Waals surface area contributed by atoms with E-state index in [0.29, 0.717) is 0 Å². The maximum atomic E-state index is 12.2. The fraction of sp³-hybridized carbons (Fsp3) is 0.0667. The van der Waals surface area contributed by atoms with Crippen LogP contribution in [0.15, 0.2) is 77.0 Å². The van der Waals surface area contributed by atoms with Crippen LogP contribution in [0.5, 0.6) is 5.75 Å². The van der Waals surface area contributed by atoms with Gasteiger partial charge in [0.05, 0.1) is 10.6 Å². The molecule has 0 unspecified atom stereocenters. The average molecular weight is 418 g/mol. The van der Waals surface area contributed by atoms with Crippen LogP contribution >= 0.6 is 0 Å². The Kier molecular flexibility index (Phi) is 5.86. The lowest BCUT2D eigenvalue weighted by atomic mass is 10.3. The maximum absolute atomic E-state index is 12.2. The highest BCUT2D eigenvalue weighted by Crippen LogP contribution is 2.21. The molecule has 2 aromatic carbocycles. The predicted octanol–water partition coefficient (Wildman–Crippen LogP) is 1.68. The van der Waals surface area contributed by atoms with E-state index < -0.39 is 41.0 Å². The molecule has 0 atom stereocenters. The van der Waals surface area contributed by atoms with Crippen LogP contribution in [0.3, 0.4) is 0 Å². The summed E-state index contributed by atoms with van der Waals surface area (Å²) in [6.45, 7) is 3.19. The summed E-state index contributed by atoms with van der Waals surface area (Å²) in [5.74, 6) is -0.605. The first-order valence-electron chi connectivity index (χ1n) is 6.95. The van der Waals surface area contributed by atoms with E-state index in [9.17, 15) is 25.3 Å². The first-order chi connectivity index (χ1) is 12.1. The van der Waals surface area contributed by atoms with Crippen LogP contribution in [0, 0.1) is 0 Å². The van der Waals surface area contributed by atoms with E-state index in [-0.39, 0.29) is 10.6 Å². The van der Waals surface area contributed by atoms with Crippen molar-refractivity contribution in [2.45, 2.75) is 9.79 Å². The zero-order chi connectivity index (χ0) is 19.4. The lowest BCUT2D eigenvalue weighted by Gasteiger charge is -2.08. The van der Waals surface area contributed by atoms with Gasteiger partial charge in [0.2, 0.25) is 0 Å². The van der Waals surface area contributed by atoms with E-state index in [4.69, 9.17) is 4.18 Å². The molecular weight excluding hydrogens is 404 g/mol. The summed E-state index contributed by atoms with van der Waals surface area (Å²) in [5, 5.41) is 0. The van der Waals surface area contributed by atoms with Gasteiger partial charge in [0.1, 0.15) is 10.6 Å². The zero-order valence-corrected chi connectivity index (χ0v) is 15.6. The van der Waals surface area contributed by atoms with Gasteiger partial charge in [0.25, 0.3) is 10.1 Å². The Balaban J connectivity index is 2.26. The van der Waals surface area contributed by atoms with Crippen molar-refractivity contribution in [3.8, 4) is 5.75 Å². The van der Waals surface area contributed by atoms with Crippen LogP contribution in [-0.2, 0) is 34.0 Å². The van der Waals surface area contributed by atoms with E-state index in [1.54, 1.807) is 18.2 Å². The van der Waals surface area contributed by atoms with Gasteiger partial charge in [-0.3, -0.25) is 0 Å². The number of hydrogen-bond acceptors (Lipinski definition) is 8. The first kappa shape index (κ1) is 20.1. The summed E-state index contributed by atoms with van der Waals surface area (Å²) in [6, 6.07) is 11.5. The lowest BCUT2D eigenvalue weighted by molar-refractivity contribution is 0.463. The third-order valence-electron chi connectivity index (χ3n) is 2.87. The Morgan fingerprint density at radius 1 is 0.769 bits per heavy atom. The van der Waals surface area contributed by atoms with E-state index in [1.807, 2.05) is 0 Å². The fourth-order valence-corrected chi connectivity index (χ4v) is 5.09. The highest BCUT2D eigenvalue weighted by Gasteiger charge is 2.25. The molecule has 0 saturated heterocycles. The molecule has 0 aliphatic rings. The smallest absolute Gasteiger partial charge is 0.339 e. The minimum absolute atomic E-state index is 0.0862. The largest absolute Gasteiger partial charge is 0.379 e. The van der Waals surface area contributed by atoms with Gasteiger partial charge in [-0.1, -0.05) is 24.3 Å². The molecule has 0 saturated carbocycles. The summed E-state index contributed by atoms with van der Waals surface area (Å²) < 4.78 is 80.2. The molecule has 11 heteroatoms. The summed E-state index contributed by atoms with van der Waals surface area (Å²) in [7, 11) is -13.2. The highest BCUT2D eigenvalue weighted by atomic mass is 32.3. The molecule has 0 N–H and O–H groups in total. The molecule has 0 aromatic heterocycles. The third kappa shape index (κ3) is 5.14. The normalized spacial score (nSPS) is 12.5. The van der Waals surface area contributed by atoms with Crippen LogP contribution in [0.1, 0.15) is 0 Å². The fourth-order valence-electron chi connectivity index (χ4n) is 1.77. The van der Waals surface area contributed by atoms with Crippen molar-refractivity contribution in [3.05, 3.63) is 67.3 Å². The molecule has 0 bridgehead atoms. The van der Waals surface area contributed by atoms with Gasteiger partial charge < -0.3 is 4.18 Å². The average Bonchev–Trinajstić information content (AvgIpc) is 2.54. The molecule has 140 valence electrons. The number of para-hydroxylation sites is 1. The molecule has 0 aliphatic heterocycles. The molecule has 0 aliphatic carbocycles. The Bertz CT molecular complexity index is 1090. The van der Waals surface area contributed by atoms with Crippen molar-refractivity contribution in [1.29, 1.82) is 0 Å². The summed E-state index contributed by atoms with van der Waals surface area (Å²) in [5.41, 5.74) is 0. The summed E-state index contributed by atoms with van der Waals surface area (Å²) in [6.07, 6.45) is 0.974. The van der Waals surface area contributed by atoms with Gasteiger partial charge in [-0.15, -0.1) is 10.2 Å². The molecule has 0 fully saturated rings. The first-order valence-corrected chi connectivity index (χ1v) is 11.3. The van der Waals surface area contributed by atoms with Crippen molar-refractivity contribution in [3.63, 3.8) is 0 Å². The lowest BCUT2D eigenvalue weighted by Crippen LogP contribution is -2.16. The molecule has 26 heavy (non-hydrogen) atoms. The Hall–Kier alpha value is -2.21.